The van der Waals surface area contributed by atoms with Crippen LogP contribution >= 0.6 is 0 Å². The number of hydrogen-bond donors (Lipinski definition) is 1. The molecule has 0 aliphatic heterocycles. The third-order valence-electron chi connectivity index (χ3n) is 3.25. The van der Waals surface area contributed by atoms with Crippen LogP contribution in [0.4, 0.5) is 0 Å². The average molecular weight is 247 g/mol. The summed E-state index contributed by atoms with van der Waals surface area (Å²) in [6, 6.07) is 2.31. The minimum atomic E-state index is 0.265. The Morgan fingerprint density at radius 2 is 2.28 bits per heavy atom. The number of aryl methyl sites for hydroxylation is 2. The summed E-state index contributed by atoms with van der Waals surface area (Å²) in [6.45, 7) is 8.15. The average Bonchev–Trinajstić information content (AvgIpc) is 2.97. The third-order valence-corrected chi connectivity index (χ3v) is 3.25. The molecular formula is C14H21N3O. The summed E-state index contributed by atoms with van der Waals surface area (Å²) in [4.78, 5) is 4.44. The Kier molecular flexibility index (Phi) is 4.20. The Morgan fingerprint density at radius 3 is 2.89 bits per heavy atom. The Balaban J connectivity index is 2.19. The van der Waals surface area contributed by atoms with E-state index in [9.17, 15) is 0 Å². The fourth-order valence-corrected chi connectivity index (χ4v) is 2.30. The van der Waals surface area contributed by atoms with Crippen LogP contribution in [0.25, 0.3) is 0 Å². The van der Waals surface area contributed by atoms with Crippen LogP contribution in [-0.4, -0.2) is 16.1 Å². The highest BCUT2D eigenvalue weighted by Crippen LogP contribution is 2.22. The second kappa shape index (κ2) is 5.87. The van der Waals surface area contributed by atoms with Gasteiger partial charge in [-0.15, -0.1) is 0 Å². The molecule has 1 unspecified atom stereocenters. The van der Waals surface area contributed by atoms with Crippen molar-refractivity contribution in [3.05, 3.63) is 41.9 Å². The molecule has 0 aliphatic rings. The normalized spacial score (nSPS) is 12.8. The zero-order valence-corrected chi connectivity index (χ0v) is 11.3. The maximum absolute atomic E-state index is 5.40. The highest BCUT2D eigenvalue weighted by molar-refractivity contribution is 5.21. The Labute approximate surface area is 108 Å². The predicted molar refractivity (Wildman–Crippen MR) is 71.5 cm³/mol. The summed E-state index contributed by atoms with van der Waals surface area (Å²) in [6.07, 6.45) is 6.53. The van der Waals surface area contributed by atoms with Gasteiger partial charge in [0.1, 0.15) is 11.6 Å². The van der Waals surface area contributed by atoms with Crippen LogP contribution in [0.5, 0.6) is 0 Å². The molecular weight excluding hydrogens is 226 g/mol. The monoisotopic (exact) mass is 247 g/mol. The smallest absolute Gasteiger partial charge is 0.110 e. The van der Waals surface area contributed by atoms with Crippen molar-refractivity contribution in [3.63, 3.8) is 0 Å². The van der Waals surface area contributed by atoms with Gasteiger partial charge in [-0.2, -0.15) is 0 Å². The number of imidazole rings is 1. The lowest BCUT2D eigenvalue weighted by molar-refractivity contribution is 0.491. The van der Waals surface area contributed by atoms with E-state index in [1.807, 2.05) is 25.4 Å². The van der Waals surface area contributed by atoms with E-state index in [-0.39, 0.29) is 6.04 Å². The molecule has 0 aromatic carbocycles. The summed E-state index contributed by atoms with van der Waals surface area (Å²) in [5.41, 5.74) is 1.22. The number of hydrogen-bond acceptors (Lipinski definition) is 3. The zero-order valence-electron chi connectivity index (χ0n) is 11.3. The molecule has 0 spiro atoms. The molecule has 4 heteroatoms. The summed E-state index contributed by atoms with van der Waals surface area (Å²) in [7, 11) is 0. The van der Waals surface area contributed by atoms with Gasteiger partial charge >= 0.3 is 0 Å². The molecule has 0 aliphatic carbocycles. The molecule has 2 rings (SSSR count). The van der Waals surface area contributed by atoms with Crippen molar-refractivity contribution in [2.24, 2.45) is 0 Å². The number of likely N-dealkylation sites (N-methyl/N-ethyl adjacent to an activating group) is 1. The molecule has 98 valence electrons. The molecule has 0 radical (unpaired) electrons. The molecule has 1 N–H and O–H groups in total. The number of furan rings is 1. The van der Waals surface area contributed by atoms with Gasteiger partial charge in [0.15, 0.2) is 0 Å². The zero-order chi connectivity index (χ0) is 13.0. The summed E-state index contributed by atoms with van der Waals surface area (Å²) < 4.78 is 7.58. The fourth-order valence-electron chi connectivity index (χ4n) is 2.30. The summed E-state index contributed by atoms with van der Waals surface area (Å²) in [5.74, 6) is 2.10. The topological polar surface area (TPSA) is 43.0 Å². The number of nitrogens with zero attached hydrogens (tertiary/aromatic N) is 2. The molecule has 0 saturated heterocycles. The van der Waals surface area contributed by atoms with Crippen LogP contribution in [0.2, 0.25) is 0 Å². The minimum Gasteiger partial charge on any atom is -0.469 e. The van der Waals surface area contributed by atoms with Crippen molar-refractivity contribution >= 4 is 0 Å². The second-order valence-corrected chi connectivity index (χ2v) is 4.38. The van der Waals surface area contributed by atoms with E-state index < -0.39 is 0 Å². The van der Waals surface area contributed by atoms with Gasteiger partial charge in [-0.05, 0) is 26.5 Å². The second-order valence-electron chi connectivity index (χ2n) is 4.38. The van der Waals surface area contributed by atoms with Crippen molar-refractivity contribution in [1.82, 2.24) is 14.9 Å². The van der Waals surface area contributed by atoms with Crippen LogP contribution in [0.1, 0.15) is 37.0 Å². The van der Waals surface area contributed by atoms with E-state index in [2.05, 4.69) is 28.7 Å². The van der Waals surface area contributed by atoms with E-state index >= 15 is 0 Å². The first-order chi connectivity index (χ1) is 8.76. The van der Waals surface area contributed by atoms with Crippen LogP contribution in [0.3, 0.4) is 0 Å². The van der Waals surface area contributed by atoms with Crippen molar-refractivity contribution in [1.29, 1.82) is 0 Å². The SMILES string of the molecule is CCNC(Cc1nccn1CC)c1ccoc1C. The molecule has 2 aromatic heterocycles. The lowest BCUT2D eigenvalue weighted by Gasteiger charge is -2.17. The van der Waals surface area contributed by atoms with E-state index in [0.717, 1.165) is 31.1 Å². The molecule has 0 bridgehead atoms. The van der Waals surface area contributed by atoms with Crippen molar-refractivity contribution in [2.45, 2.75) is 39.8 Å². The van der Waals surface area contributed by atoms with E-state index in [4.69, 9.17) is 4.42 Å². The van der Waals surface area contributed by atoms with E-state index in [1.165, 1.54) is 5.56 Å². The third kappa shape index (κ3) is 2.64. The summed E-state index contributed by atoms with van der Waals surface area (Å²) in [5, 5.41) is 3.50. The van der Waals surface area contributed by atoms with Crippen LogP contribution in [0.15, 0.2) is 29.1 Å². The molecule has 2 heterocycles. The van der Waals surface area contributed by atoms with E-state index in [1.54, 1.807) is 6.26 Å². The lowest BCUT2D eigenvalue weighted by Crippen LogP contribution is -2.24. The van der Waals surface area contributed by atoms with Crippen molar-refractivity contribution in [2.75, 3.05) is 6.54 Å². The molecule has 0 saturated carbocycles. The highest BCUT2D eigenvalue weighted by Gasteiger charge is 2.17. The molecule has 2 aromatic rings. The number of aromatic nitrogens is 2. The Morgan fingerprint density at radius 1 is 1.44 bits per heavy atom. The first-order valence-electron chi connectivity index (χ1n) is 6.53. The van der Waals surface area contributed by atoms with Gasteiger partial charge in [0.25, 0.3) is 0 Å². The fraction of sp³-hybridized carbons (Fsp3) is 0.500. The van der Waals surface area contributed by atoms with Gasteiger partial charge in [0.2, 0.25) is 0 Å². The first-order valence-corrected chi connectivity index (χ1v) is 6.53. The minimum absolute atomic E-state index is 0.265. The quantitative estimate of drug-likeness (QED) is 0.853. The van der Waals surface area contributed by atoms with Crippen molar-refractivity contribution in [3.8, 4) is 0 Å². The van der Waals surface area contributed by atoms with Crippen LogP contribution in [-0.2, 0) is 13.0 Å². The molecule has 4 nitrogen and oxygen atoms in total. The van der Waals surface area contributed by atoms with Gasteiger partial charge in [0.05, 0.1) is 6.26 Å². The molecule has 0 amide bonds. The predicted octanol–water partition coefficient (Wildman–Crippen LogP) is 2.70. The number of nitrogens with one attached hydrogen (secondary N) is 1. The van der Waals surface area contributed by atoms with Crippen molar-refractivity contribution < 1.29 is 4.42 Å². The van der Waals surface area contributed by atoms with Gasteiger partial charge < -0.3 is 14.3 Å². The van der Waals surface area contributed by atoms with Gasteiger partial charge in [-0.1, -0.05) is 6.92 Å². The highest BCUT2D eigenvalue weighted by atomic mass is 16.3. The van der Waals surface area contributed by atoms with Gasteiger partial charge in [-0.3, -0.25) is 0 Å². The lowest BCUT2D eigenvalue weighted by atomic mass is 10.0. The van der Waals surface area contributed by atoms with Gasteiger partial charge in [-0.25, -0.2) is 4.98 Å². The largest absolute Gasteiger partial charge is 0.469 e. The molecule has 1 atom stereocenters. The Hall–Kier alpha value is -1.55. The maximum atomic E-state index is 5.40. The van der Waals surface area contributed by atoms with Crippen LogP contribution in [0, 0.1) is 6.92 Å². The Bertz CT molecular complexity index is 487. The number of rotatable bonds is 6. The van der Waals surface area contributed by atoms with Crippen LogP contribution < -0.4 is 5.32 Å². The van der Waals surface area contributed by atoms with Gasteiger partial charge in [0, 0.05) is 37.0 Å². The molecule has 18 heavy (non-hydrogen) atoms. The summed E-state index contributed by atoms with van der Waals surface area (Å²) >= 11 is 0. The molecule has 0 fully saturated rings. The first kappa shape index (κ1) is 12.9. The standard InChI is InChI=1S/C14H21N3O/c1-4-15-13(12-6-9-18-11(12)3)10-14-16-7-8-17(14)5-2/h6-9,13,15H,4-5,10H2,1-3H3. The van der Waals surface area contributed by atoms with E-state index in [0.29, 0.717) is 0 Å². The maximum Gasteiger partial charge on any atom is 0.110 e.